The molecule has 1 aromatic heterocycles. The Morgan fingerprint density at radius 1 is 1.28 bits per heavy atom. The van der Waals surface area contributed by atoms with Gasteiger partial charge in [-0.05, 0) is 46.0 Å². The van der Waals surface area contributed by atoms with Crippen LogP contribution in [-0.2, 0) is 11.2 Å². The molecule has 1 aliphatic rings. The van der Waals surface area contributed by atoms with E-state index in [0.29, 0.717) is 13.1 Å². The summed E-state index contributed by atoms with van der Waals surface area (Å²) < 4.78 is 0. The van der Waals surface area contributed by atoms with Gasteiger partial charge in [0.2, 0.25) is 5.91 Å². The summed E-state index contributed by atoms with van der Waals surface area (Å²) in [7, 11) is 0. The lowest BCUT2D eigenvalue weighted by atomic mass is 10.2. The Balaban J connectivity index is 0.00000312. The Morgan fingerprint density at radius 3 is 2.68 bits per heavy atom. The molecule has 0 bridgehead atoms. The second-order valence-corrected chi connectivity index (χ2v) is 7.04. The van der Waals surface area contributed by atoms with Crippen molar-refractivity contribution in [3.8, 4) is 0 Å². The number of nitrogens with one attached hydrogen (secondary N) is 3. The predicted octanol–water partition coefficient (Wildman–Crippen LogP) is 2.47. The zero-order valence-corrected chi connectivity index (χ0v) is 18.3. The van der Waals surface area contributed by atoms with Crippen molar-refractivity contribution in [2.45, 2.75) is 46.0 Å². The number of hydrogen-bond acceptors (Lipinski definition) is 4. The van der Waals surface area contributed by atoms with Gasteiger partial charge in [0.15, 0.2) is 5.96 Å². The van der Waals surface area contributed by atoms with E-state index in [0.717, 1.165) is 56.8 Å². The van der Waals surface area contributed by atoms with Gasteiger partial charge >= 0.3 is 0 Å². The molecule has 0 atom stereocenters. The minimum atomic E-state index is 0. The molecule has 3 N–H and O–H groups in total. The van der Waals surface area contributed by atoms with Crippen LogP contribution in [0.3, 0.4) is 0 Å². The van der Waals surface area contributed by atoms with Crippen LogP contribution in [0.15, 0.2) is 10.4 Å². The fourth-order valence-electron chi connectivity index (χ4n) is 2.29. The largest absolute Gasteiger partial charge is 0.357 e. The van der Waals surface area contributed by atoms with Crippen molar-refractivity contribution >= 4 is 47.2 Å². The number of aliphatic imine (C=N–C) groups is 1. The Morgan fingerprint density at radius 2 is 2.04 bits per heavy atom. The zero-order chi connectivity index (χ0) is 17.2. The molecule has 142 valence electrons. The quantitative estimate of drug-likeness (QED) is 0.209. The SMILES string of the molecule is CCNC(=NCCCCc1nc(C)cs1)NCCNC(=O)C1CC1.I. The van der Waals surface area contributed by atoms with Crippen LogP contribution in [-0.4, -0.2) is 43.0 Å². The van der Waals surface area contributed by atoms with Gasteiger partial charge in [-0.25, -0.2) is 4.98 Å². The molecule has 0 spiro atoms. The van der Waals surface area contributed by atoms with Gasteiger partial charge < -0.3 is 16.0 Å². The van der Waals surface area contributed by atoms with Gasteiger partial charge in [-0.2, -0.15) is 0 Å². The number of carbonyl (C=O) groups excluding carboxylic acids is 1. The first-order valence-electron chi connectivity index (χ1n) is 8.90. The second-order valence-electron chi connectivity index (χ2n) is 6.09. The van der Waals surface area contributed by atoms with Crippen LogP contribution in [0.5, 0.6) is 0 Å². The molecule has 1 heterocycles. The third kappa shape index (κ3) is 9.39. The minimum Gasteiger partial charge on any atom is -0.357 e. The van der Waals surface area contributed by atoms with Gasteiger partial charge in [-0.3, -0.25) is 9.79 Å². The Bertz CT molecular complexity index is 545. The number of nitrogens with zero attached hydrogens (tertiary/aromatic N) is 2. The van der Waals surface area contributed by atoms with E-state index in [4.69, 9.17) is 0 Å². The van der Waals surface area contributed by atoms with Crippen LogP contribution < -0.4 is 16.0 Å². The molecule has 1 aliphatic carbocycles. The lowest BCUT2D eigenvalue weighted by Gasteiger charge is -2.11. The maximum absolute atomic E-state index is 11.5. The van der Waals surface area contributed by atoms with Crippen molar-refractivity contribution < 1.29 is 4.79 Å². The number of aromatic nitrogens is 1. The summed E-state index contributed by atoms with van der Waals surface area (Å²) in [5, 5.41) is 12.8. The number of guanidine groups is 1. The third-order valence-electron chi connectivity index (χ3n) is 3.74. The Labute approximate surface area is 171 Å². The maximum atomic E-state index is 11.5. The summed E-state index contributed by atoms with van der Waals surface area (Å²) >= 11 is 1.74. The van der Waals surface area contributed by atoms with E-state index in [1.54, 1.807) is 11.3 Å². The molecule has 1 saturated carbocycles. The van der Waals surface area contributed by atoms with E-state index in [1.165, 1.54) is 5.01 Å². The normalized spacial score (nSPS) is 13.9. The molecule has 6 nitrogen and oxygen atoms in total. The van der Waals surface area contributed by atoms with Crippen LogP contribution in [0, 0.1) is 12.8 Å². The Hall–Kier alpha value is -0.900. The molecule has 8 heteroatoms. The number of rotatable bonds is 10. The average molecular weight is 479 g/mol. The summed E-state index contributed by atoms with van der Waals surface area (Å²) in [5.41, 5.74) is 1.11. The molecular weight excluding hydrogens is 449 g/mol. The number of carbonyl (C=O) groups is 1. The van der Waals surface area contributed by atoms with Gasteiger partial charge in [-0.1, -0.05) is 0 Å². The topological polar surface area (TPSA) is 78.4 Å². The molecular formula is C17H30IN5OS. The first-order valence-corrected chi connectivity index (χ1v) is 9.78. The van der Waals surface area contributed by atoms with E-state index in [-0.39, 0.29) is 35.8 Å². The summed E-state index contributed by atoms with van der Waals surface area (Å²) in [6, 6.07) is 0. The smallest absolute Gasteiger partial charge is 0.223 e. The number of aryl methyl sites for hydroxylation is 2. The van der Waals surface area contributed by atoms with Gasteiger partial charge in [0.1, 0.15) is 0 Å². The highest BCUT2D eigenvalue weighted by atomic mass is 127. The number of hydrogen-bond donors (Lipinski definition) is 3. The van der Waals surface area contributed by atoms with Crippen LogP contribution in [0.25, 0.3) is 0 Å². The van der Waals surface area contributed by atoms with Gasteiger partial charge in [0.05, 0.1) is 5.01 Å². The number of unbranched alkanes of at least 4 members (excludes halogenated alkanes) is 1. The van der Waals surface area contributed by atoms with Crippen LogP contribution in [0.4, 0.5) is 0 Å². The summed E-state index contributed by atoms with van der Waals surface area (Å²) in [6.45, 7) is 7.06. The highest BCUT2D eigenvalue weighted by Gasteiger charge is 2.28. The molecule has 2 rings (SSSR count). The molecule has 0 radical (unpaired) electrons. The zero-order valence-electron chi connectivity index (χ0n) is 15.1. The van der Waals surface area contributed by atoms with Crippen LogP contribution in [0.1, 0.15) is 43.3 Å². The summed E-state index contributed by atoms with van der Waals surface area (Å²) in [4.78, 5) is 20.6. The third-order valence-corrected chi connectivity index (χ3v) is 4.77. The molecule has 1 fully saturated rings. The van der Waals surface area contributed by atoms with Gasteiger partial charge in [0, 0.05) is 43.2 Å². The Kier molecular flexibility index (Phi) is 11.0. The number of halogens is 1. The fraction of sp³-hybridized carbons (Fsp3) is 0.706. The lowest BCUT2D eigenvalue weighted by Crippen LogP contribution is -2.41. The number of amides is 1. The summed E-state index contributed by atoms with van der Waals surface area (Å²) in [5.74, 6) is 1.29. The van der Waals surface area contributed by atoms with Crippen molar-refractivity contribution in [3.63, 3.8) is 0 Å². The molecule has 0 unspecified atom stereocenters. The van der Waals surface area contributed by atoms with Crippen molar-refractivity contribution in [2.75, 3.05) is 26.2 Å². The van der Waals surface area contributed by atoms with Crippen LogP contribution in [0.2, 0.25) is 0 Å². The van der Waals surface area contributed by atoms with Crippen LogP contribution >= 0.6 is 35.3 Å². The van der Waals surface area contributed by atoms with Gasteiger partial charge in [-0.15, -0.1) is 35.3 Å². The second kappa shape index (κ2) is 12.5. The monoisotopic (exact) mass is 479 g/mol. The molecule has 0 aliphatic heterocycles. The van der Waals surface area contributed by atoms with Crippen molar-refractivity contribution in [1.82, 2.24) is 20.9 Å². The van der Waals surface area contributed by atoms with Gasteiger partial charge in [0.25, 0.3) is 0 Å². The lowest BCUT2D eigenvalue weighted by molar-refractivity contribution is -0.122. The molecule has 0 saturated heterocycles. The molecule has 25 heavy (non-hydrogen) atoms. The standard InChI is InChI=1S/C17H29N5OS.HI/c1-3-18-17(21-11-10-19-16(23)14-7-8-14)20-9-5-4-6-15-22-13(2)12-24-15;/h12,14H,3-11H2,1-2H3,(H,19,23)(H2,18,20,21);1H. The number of thiazole rings is 1. The first-order chi connectivity index (χ1) is 11.7. The van der Waals surface area contributed by atoms with Crippen molar-refractivity contribution in [1.29, 1.82) is 0 Å². The van der Waals surface area contributed by atoms with E-state index in [2.05, 4.69) is 38.2 Å². The summed E-state index contributed by atoms with van der Waals surface area (Å²) in [6.07, 6.45) is 5.28. The highest BCUT2D eigenvalue weighted by Crippen LogP contribution is 2.28. The average Bonchev–Trinajstić information content (AvgIpc) is 3.34. The molecule has 0 aromatic carbocycles. The van der Waals surface area contributed by atoms with E-state index >= 15 is 0 Å². The van der Waals surface area contributed by atoms with Crippen molar-refractivity contribution in [3.05, 3.63) is 16.1 Å². The van der Waals surface area contributed by atoms with E-state index in [1.807, 2.05) is 6.92 Å². The van der Waals surface area contributed by atoms with Crippen molar-refractivity contribution in [2.24, 2.45) is 10.9 Å². The molecule has 1 aromatic rings. The van der Waals surface area contributed by atoms with E-state index < -0.39 is 0 Å². The maximum Gasteiger partial charge on any atom is 0.223 e. The molecule has 1 amide bonds. The first kappa shape index (κ1) is 22.1. The highest BCUT2D eigenvalue weighted by molar-refractivity contribution is 14.0. The predicted molar refractivity (Wildman–Crippen MR) is 115 cm³/mol. The minimum absolute atomic E-state index is 0. The van der Waals surface area contributed by atoms with E-state index in [9.17, 15) is 4.79 Å². The fourth-order valence-corrected chi connectivity index (χ4v) is 3.11.